The minimum absolute atomic E-state index is 0.0765. The molecule has 0 aliphatic rings. The molecule has 0 saturated carbocycles. The first kappa shape index (κ1) is 13.6. The van der Waals surface area contributed by atoms with Crippen LogP contribution in [-0.4, -0.2) is 16.5 Å². The summed E-state index contributed by atoms with van der Waals surface area (Å²) in [6, 6.07) is 0.225. The third-order valence-electron chi connectivity index (χ3n) is 1.65. The number of allylic oxidation sites excluding steroid dienone is 1. The number of hydrogen-bond donors (Lipinski definition) is 1. The van der Waals surface area contributed by atoms with Crippen molar-refractivity contribution in [1.82, 2.24) is 5.32 Å². The summed E-state index contributed by atoms with van der Waals surface area (Å²) in [5.41, 5.74) is 0. The second-order valence-electron chi connectivity index (χ2n) is 3.49. The molecule has 0 aliphatic heterocycles. The minimum atomic E-state index is 0.0765. The van der Waals surface area contributed by atoms with Crippen molar-refractivity contribution < 1.29 is 4.79 Å². The molecule has 0 heterocycles. The monoisotopic (exact) mass is 215 g/mol. The van der Waals surface area contributed by atoms with E-state index in [1.54, 1.807) is 0 Å². The fourth-order valence-corrected chi connectivity index (χ4v) is 1.89. The Morgan fingerprint density at radius 2 is 2.07 bits per heavy atom. The highest BCUT2D eigenvalue weighted by molar-refractivity contribution is 8.14. The van der Waals surface area contributed by atoms with Gasteiger partial charge in [0.25, 0.3) is 5.24 Å². The Kier molecular flexibility index (Phi) is 7.67. The topological polar surface area (TPSA) is 29.1 Å². The lowest BCUT2D eigenvalue weighted by Gasteiger charge is -2.11. The van der Waals surface area contributed by atoms with Crippen molar-refractivity contribution in [3.63, 3.8) is 0 Å². The maximum absolute atomic E-state index is 11.4. The van der Waals surface area contributed by atoms with Crippen LogP contribution < -0.4 is 5.32 Å². The van der Waals surface area contributed by atoms with Crippen molar-refractivity contribution in [2.75, 3.05) is 0 Å². The molecule has 1 atom stereocenters. The van der Waals surface area contributed by atoms with Gasteiger partial charge in [-0.25, -0.2) is 0 Å². The summed E-state index contributed by atoms with van der Waals surface area (Å²) in [6.45, 7) is 8.14. The maximum Gasteiger partial charge on any atom is 0.279 e. The third-order valence-corrected chi connectivity index (χ3v) is 2.78. The normalized spacial score (nSPS) is 13.5. The number of amides is 1. The van der Waals surface area contributed by atoms with Gasteiger partial charge in [0, 0.05) is 11.3 Å². The average molecular weight is 215 g/mol. The lowest BCUT2D eigenvalue weighted by Crippen LogP contribution is -2.27. The lowest BCUT2D eigenvalue weighted by atomic mass is 10.3. The Morgan fingerprint density at radius 3 is 2.50 bits per heavy atom. The molecule has 1 amide bonds. The first-order chi connectivity index (χ1) is 6.60. The van der Waals surface area contributed by atoms with Crippen molar-refractivity contribution in [3.05, 3.63) is 12.2 Å². The number of nitrogens with one attached hydrogen (secondary N) is 1. The Morgan fingerprint density at radius 1 is 1.43 bits per heavy atom. The summed E-state index contributed by atoms with van der Waals surface area (Å²) in [7, 11) is 0. The molecular weight excluding hydrogens is 194 g/mol. The highest BCUT2D eigenvalue weighted by Crippen LogP contribution is 2.17. The van der Waals surface area contributed by atoms with Crippen molar-refractivity contribution in [2.24, 2.45) is 0 Å². The summed E-state index contributed by atoms with van der Waals surface area (Å²) in [6.07, 6.45) is 6.25. The van der Waals surface area contributed by atoms with Crippen LogP contribution in [-0.2, 0) is 0 Å². The van der Waals surface area contributed by atoms with Gasteiger partial charge in [0.1, 0.15) is 0 Å². The number of thioether (sulfide) groups is 1. The van der Waals surface area contributed by atoms with Gasteiger partial charge in [-0.05, 0) is 26.7 Å². The van der Waals surface area contributed by atoms with Crippen LogP contribution in [0.2, 0.25) is 0 Å². The number of carbonyl (C=O) groups is 1. The molecule has 0 aromatic rings. The van der Waals surface area contributed by atoms with E-state index in [0.717, 1.165) is 12.8 Å². The van der Waals surface area contributed by atoms with Crippen LogP contribution in [0.15, 0.2) is 12.2 Å². The van der Waals surface area contributed by atoms with Gasteiger partial charge in [0.15, 0.2) is 0 Å². The van der Waals surface area contributed by atoms with Crippen LogP contribution in [0, 0.1) is 0 Å². The van der Waals surface area contributed by atoms with E-state index in [2.05, 4.69) is 31.3 Å². The van der Waals surface area contributed by atoms with Gasteiger partial charge in [0.2, 0.25) is 0 Å². The Hall–Kier alpha value is -0.440. The number of hydrogen-bond acceptors (Lipinski definition) is 2. The van der Waals surface area contributed by atoms with Gasteiger partial charge < -0.3 is 5.32 Å². The molecule has 0 aliphatic carbocycles. The molecule has 0 spiro atoms. The third kappa shape index (κ3) is 7.01. The molecule has 0 aromatic carbocycles. The molecule has 0 fully saturated rings. The van der Waals surface area contributed by atoms with E-state index in [9.17, 15) is 4.79 Å². The molecule has 0 rings (SSSR count). The predicted molar refractivity (Wildman–Crippen MR) is 64.8 cm³/mol. The number of rotatable bonds is 5. The molecule has 2 nitrogen and oxygen atoms in total. The maximum atomic E-state index is 11.4. The zero-order valence-corrected chi connectivity index (χ0v) is 10.4. The van der Waals surface area contributed by atoms with Gasteiger partial charge >= 0.3 is 0 Å². The van der Waals surface area contributed by atoms with Crippen molar-refractivity contribution in [1.29, 1.82) is 0 Å². The van der Waals surface area contributed by atoms with Crippen LogP contribution in [0.1, 0.15) is 40.5 Å². The van der Waals surface area contributed by atoms with Crippen LogP contribution in [0.5, 0.6) is 0 Å². The minimum Gasteiger partial charge on any atom is -0.345 e. The molecule has 0 unspecified atom stereocenters. The van der Waals surface area contributed by atoms with Crippen molar-refractivity contribution >= 4 is 17.0 Å². The lowest BCUT2D eigenvalue weighted by molar-refractivity contribution is 0.258. The average Bonchev–Trinajstić information content (AvgIpc) is 2.10. The molecule has 14 heavy (non-hydrogen) atoms. The summed E-state index contributed by atoms with van der Waals surface area (Å²) >= 11 is 1.38. The zero-order valence-electron chi connectivity index (χ0n) is 9.54. The highest BCUT2D eigenvalue weighted by atomic mass is 32.2. The Labute approximate surface area is 91.5 Å². The van der Waals surface area contributed by atoms with E-state index < -0.39 is 0 Å². The van der Waals surface area contributed by atoms with Gasteiger partial charge in [-0.15, -0.1) is 0 Å². The molecule has 3 heteroatoms. The van der Waals surface area contributed by atoms with Crippen LogP contribution in [0.25, 0.3) is 0 Å². The summed E-state index contributed by atoms with van der Waals surface area (Å²) in [4.78, 5) is 11.4. The van der Waals surface area contributed by atoms with E-state index in [4.69, 9.17) is 0 Å². The summed E-state index contributed by atoms with van der Waals surface area (Å²) in [5.74, 6) is 0. The highest BCUT2D eigenvalue weighted by Gasteiger charge is 2.10. The van der Waals surface area contributed by atoms with Gasteiger partial charge in [0.05, 0.1) is 0 Å². The molecule has 0 saturated heterocycles. The molecular formula is C11H21NOS. The van der Waals surface area contributed by atoms with E-state index in [1.165, 1.54) is 11.8 Å². The molecule has 0 radical (unpaired) electrons. The fraction of sp³-hybridized carbons (Fsp3) is 0.727. The fourth-order valence-electron chi connectivity index (χ4n) is 0.954. The largest absolute Gasteiger partial charge is 0.345 e. The molecule has 82 valence electrons. The summed E-state index contributed by atoms with van der Waals surface area (Å²) < 4.78 is 0. The molecule has 0 aromatic heterocycles. The SMILES string of the molecule is CC/C=C/[C@@H](CC)SC(=O)NC(C)C. The van der Waals surface area contributed by atoms with E-state index >= 15 is 0 Å². The van der Waals surface area contributed by atoms with E-state index in [-0.39, 0.29) is 11.3 Å². The summed E-state index contributed by atoms with van der Waals surface area (Å²) in [5, 5.41) is 3.26. The van der Waals surface area contributed by atoms with Gasteiger partial charge in [-0.2, -0.15) is 0 Å². The van der Waals surface area contributed by atoms with E-state index in [1.807, 2.05) is 13.8 Å². The standard InChI is InChI=1S/C11H21NOS/c1-5-7-8-10(6-2)14-11(13)12-9(3)4/h7-10H,5-6H2,1-4H3,(H,12,13)/b8-7+/t10-/m1/s1. The quantitative estimate of drug-likeness (QED) is 0.710. The van der Waals surface area contributed by atoms with Gasteiger partial charge in [-0.1, -0.05) is 37.8 Å². The van der Waals surface area contributed by atoms with Crippen LogP contribution in [0.4, 0.5) is 4.79 Å². The number of carbonyl (C=O) groups excluding carboxylic acids is 1. The van der Waals surface area contributed by atoms with Crippen LogP contribution in [0.3, 0.4) is 0 Å². The van der Waals surface area contributed by atoms with Gasteiger partial charge in [-0.3, -0.25) is 4.79 Å². The Bertz CT molecular complexity index is 190. The van der Waals surface area contributed by atoms with Crippen molar-refractivity contribution in [2.45, 2.75) is 51.8 Å². The molecule has 1 N–H and O–H groups in total. The predicted octanol–water partition coefficient (Wildman–Crippen LogP) is 3.58. The van der Waals surface area contributed by atoms with Crippen LogP contribution >= 0.6 is 11.8 Å². The Balaban J connectivity index is 3.92. The second-order valence-corrected chi connectivity index (χ2v) is 4.70. The first-order valence-electron chi connectivity index (χ1n) is 5.23. The first-order valence-corrected chi connectivity index (χ1v) is 6.11. The zero-order chi connectivity index (χ0) is 11.0. The van der Waals surface area contributed by atoms with E-state index in [0.29, 0.717) is 5.25 Å². The second kappa shape index (κ2) is 7.92. The molecule has 0 bridgehead atoms. The van der Waals surface area contributed by atoms with Crippen molar-refractivity contribution in [3.8, 4) is 0 Å². The smallest absolute Gasteiger partial charge is 0.279 e.